The van der Waals surface area contributed by atoms with Gasteiger partial charge in [-0.2, -0.15) is 0 Å². The molecule has 0 aliphatic carbocycles. The third kappa shape index (κ3) is 6.28. The van der Waals surface area contributed by atoms with Crippen LogP contribution < -0.4 is 5.73 Å². The highest BCUT2D eigenvalue weighted by Gasteiger charge is 2.25. The summed E-state index contributed by atoms with van der Waals surface area (Å²) in [7, 11) is 0. The lowest BCUT2D eigenvalue weighted by Gasteiger charge is -2.35. The van der Waals surface area contributed by atoms with E-state index in [0.717, 1.165) is 13.1 Å². The summed E-state index contributed by atoms with van der Waals surface area (Å²) in [5.41, 5.74) is 5.65. The van der Waals surface area contributed by atoms with Gasteiger partial charge in [-0.25, -0.2) is 0 Å². The first kappa shape index (κ1) is 21.4. The summed E-state index contributed by atoms with van der Waals surface area (Å²) >= 11 is 0. The van der Waals surface area contributed by atoms with Crippen molar-refractivity contribution in [3.8, 4) is 0 Å². The molecule has 2 saturated heterocycles. The first-order valence-electron chi connectivity index (χ1n) is 7.60. The van der Waals surface area contributed by atoms with Crippen LogP contribution in [0.3, 0.4) is 0 Å². The summed E-state index contributed by atoms with van der Waals surface area (Å²) < 4.78 is 0. The molecule has 2 rings (SSSR count). The summed E-state index contributed by atoms with van der Waals surface area (Å²) in [4.78, 5) is 30.0. The average molecular weight is 355 g/mol. The van der Waals surface area contributed by atoms with Crippen molar-refractivity contribution in [1.29, 1.82) is 0 Å². The standard InChI is InChI=1S/C14H26N4O2.2ClH/c1-12(15)10-13(19)17-6-8-18(9-7-17)14(20)11-16-4-2-3-5-16;;/h12H,2-11,15H2,1H3;2*1H. The first-order chi connectivity index (χ1) is 9.56. The molecule has 0 aromatic carbocycles. The molecular formula is C14H28Cl2N4O2. The average Bonchev–Trinajstić information content (AvgIpc) is 2.91. The second-order valence-corrected chi connectivity index (χ2v) is 5.93. The van der Waals surface area contributed by atoms with Gasteiger partial charge in [0.25, 0.3) is 0 Å². The minimum atomic E-state index is -0.0997. The number of nitrogens with two attached hydrogens (primary N) is 1. The molecule has 0 bridgehead atoms. The van der Waals surface area contributed by atoms with Gasteiger partial charge in [-0.3, -0.25) is 14.5 Å². The van der Waals surface area contributed by atoms with Crippen LogP contribution in [0.4, 0.5) is 0 Å². The summed E-state index contributed by atoms with van der Waals surface area (Å²) in [6.07, 6.45) is 2.79. The van der Waals surface area contributed by atoms with E-state index in [9.17, 15) is 9.59 Å². The van der Waals surface area contributed by atoms with Crippen molar-refractivity contribution in [2.45, 2.75) is 32.2 Å². The molecular weight excluding hydrogens is 327 g/mol. The number of carbonyl (C=O) groups excluding carboxylic acids is 2. The van der Waals surface area contributed by atoms with Crippen molar-refractivity contribution in [1.82, 2.24) is 14.7 Å². The van der Waals surface area contributed by atoms with Gasteiger partial charge >= 0.3 is 0 Å². The molecule has 8 heteroatoms. The molecule has 0 saturated carbocycles. The SMILES string of the molecule is CC(N)CC(=O)N1CCN(C(=O)CN2CCCC2)CC1.Cl.Cl. The van der Waals surface area contributed by atoms with Crippen molar-refractivity contribution >= 4 is 36.6 Å². The van der Waals surface area contributed by atoms with Gasteiger partial charge in [0, 0.05) is 38.6 Å². The Morgan fingerprint density at radius 1 is 0.909 bits per heavy atom. The fourth-order valence-corrected chi connectivity index (χ4v) is 2.84. The number of hydrogen-bond acceptors (Lipinski definition) is 4. The summed E-state index contributed by atoms with van der Waals surface area (Å²) in [6, 6.07) is -0.0997. The zero-order valence-electron chi connectivity index (χ0n) is 13.2. The number of amides is 2. The predicted octanol–water partition coefficient (Wildman–Crippen LogP) is 0.334. The number of carbonyl (C=O) groups is 2. The Labute approximate surface area is 145 Å². The van der Waals surface area contributed by atoms with Crippen LogP contribution in [0, 0.1) is 0 Å². The third-order valence-electron chi connectivity index (χ3n) is 4.04. The van der Waals surface area contributed by atoms with Gasteiger partial charge in [-0.15, -0.1) is 24.8 Å². The molecule has 1 unspecified atom stereocenters. The number of likely N-dealkylation sites (tertiary alicyclic amines) is 1. The number of halogens is 2. The lowest BCUT2D eigenvalue weighted by molar-refractivity contribution is -0.140. The number of hydrogen-bond donors (Lipinski definition) is 1. The van der Waals surface area contributed by atoms with Gasteiger partial charge in [0.2, 0.25) is 11.8 Å². The summed E-state index contributed by atoms with van der Waals surface area (Å²) in [6.45, 7) is 7.03. The van der Waals surface area contributed by atoms with Crippen molar-refractivity contribution in [2.24, 2.45) is 5.73 Å². The maximum Gasteiger partial charge on any atom is 0.236 e. The van der Waals surface area contributed by atoms with E-state index in [1.54, 1.807) is 0 Å². The quantitative estimate of drug-likeness (QED) is 0.789. The fraction of sp³-hybridized carbons (Fsp3) is 0.857. The van der Waals surface area contributed by atoms with Crippen LogP contribution >= 0.6 is 24.8 Å². The van der Waals surface area contributed by atoms with E-state index in [-0.39, 0.29) is 42.7 Å². The van der Waals surface area contributed by atoms with Crippen LogP contribution in [0.1, 0.15) is 26.2 Å². The van der Waals surface area contributed by atoms with Crippen LogP contribution in [0.5, 0.6) is 0 Å². The molecule has 130 valence electrons. The molecule has 1 atom stereocenters. The number of nitrogens with zero attached hydrogens (tertiary/aromatic N) is 3. The second-order valence-electron chi connectivity index (χ2n) is 5.93. The van der Waals surface area contributed by atoms with Crippen molar-refractivity contribution in [3.63, 3.8) is 0 Å². The van der Waals surface area contributed by atoms with Gasteiger partial charge < -0.3 is 15.5 Å². The number of piperazine rings is 1. The Morgan fingerprint density at radius 2 is 1.36 bits per heavy atom. The van der Waals surface area contributed by atoms with Crippen LogP contribution in [0.15, 0.2) is 0 Å². The molecule has 0 aromatic rings. The first-order valence-corrected chi connectivity index (χ1v) is 7.60. The Hall–Kier alpha value is -0.560. The zero-order chi connectivity index (χ0) is 14.5. The van der Waals surface area contributed by atoms with Crippen LogP contribution in [-0.4, -0.2) is 78.4 Å². The third-order valence-corrected chi connectivity index (χ3v) is 4.04. The normalized spacial score (nSPS) is 20.1. The maximum atomic E-state index is 12.2. The van der Waals surface area contributed by atoms with Crippen molar-refractivity contribution < 1.29 is 9.59 Å². The fourth-order valence-electron chi connectivity index (χ4n) is 2.84. The monoisotopic (exact) mass is 354 g/mol. The van der Waals surface area contributed by atoms with E-state index in [1.807, 2.05) is 16.7 Å². The largest absolute Gasteiger partial charge is 0.339 e. The molecule has 2 heterocycles. The topological polar surface area (TPSA) is 69.9 Å². The van der Waals surface area contributed by atoms with E-state index < -0.39 is 0 Å². The molecule has 2 aliphatic heterocycles. The minimum Gasteiger partial charge on any atom is -0.339 e. The van der Waals surface area contributed by atoms with E-state index in [0.29, 0.717) is 39.1 Å². The van der Waals surface area contributed by atoms with Crippen LogP contribution in [0.2, 0.25) is 0 Å². The second kappa shape index (κ2) is 10.3. The smallest absolute Gasteiger partial charge is 0.236 e. The van der Waals surface area contributed by atoms with E-state index in [1.165, 1.54) is 12.8 Å². The molecule has 2 aliphatic rings. The van der Waals surface area contributed by atoms with Gasteiger partial charge in [0.1, 0.15) is 0 Å². The molecule has 0 spiro atoms. The summed E-state index contributed by atoms with van der Waals surface area (Å²) in [5, 5.41) is 0. The van der Waals surface area contributed by atoms with Crippen LogP contribution in [0.25, 0.3) is 0 Å². The molecule has 0 radical (unpaired) electrons. The molecule has 22 heavy (non-hydrogen) atoms. The van der Waals surface area contributed by atoms with Gasteiger partial charge in [0.05, 0.1) is 6.54 Å². The van der Waals surface area contributed by atoms with E-state index in [4.69, 9.17) is 5.73 Å². The Kier molecular flexibility index (Phi) is 10.00. The van der Waals surface area contributed by atoms with Crippen molar-refractivity contribution in [2.75, 3.05) is 45.8 Å². The van der Waals surface area contributed by atoms with E-state index >= 15 is 0 Å². The van der Waals surface area contributed by atoms with E-state index in [2.05, 4.69) is 4.90 Å². The highest BCUT2D eigenvalue weighted by Crippen LogP contribution is 2.09. The van der Waals surface area contributed by atoms with Crippen molar-refractivity contribution in [3.05, 3.63) is 0 Å². The zero-order valence-corrected chi connectivity index (χ0v) is 14.8. The molecule has 2 N–H and O–H groups in total. The summed E-state index contributed by atoms with van der Waals surface area (Å²) in [5.74, 6) is 0.304. The Morgan fingerprint density at radius 3 is 1.82 bits per heavy atom. The van der Waals surface area contributed by atoms with Gasteiger partial charge in [-0.05, 0) is 32.9 Å². The lowest BCUT2D eigenvalue weighted by atomic mass is 10.2. The minimum absolute atomic E-state index is 0. The highest BCUT2D eigenvalue weighted by molar-refractivity contribution is 5.85. The molecule has 0 aromatic heterocycles. The molecule has 2 amide bonds. The molecule has 2 fully saturated rings. The lowest BCUT2D eigenvalue weighted by Crippen LogP contribution is -2.53. The highest BCUT2D eigenvalue weighted by atomic mass is 35.5. The van der Waals surface area contributed by atoms with Gasteiger partial charge in [0.15, 0.2) is 0 Å². The van der Waals surface area contributed by atoms with Crippen LogP contribution in [-0.2, 0) is 9.59 Å². The Bertz CT molecular complexity index is 355. The Balaban J connectivity index is 0.00000220. The van der Waals surface area contributed by atoms with Gasteiger partial charge in [-0.1, -0.05) is 0 Å². The predicted molar refractivity (Wildman–Crippen MR) is 91.6 cm³/mol. The maximum absolute atomic E-state index is 12.2. The molecule has 6 nitrogen and oxygen atoms in total. The number of rotatable bonds is 4.